The van der Waals surface area contributed by atoms with Crippen LogP contribution in [0.5, 0.6) is 0 Å². The number of benzene rings is 1. The third-order valence-corrected chi connectivity index (χ3v) is 7.01. The Morgan fingerprint density at radius 2 is 1.96 bits per heavy atom. The molecule has 0 spiro atoms. The van der Waals surface area contributed by atoms with E-state index in [1.807, 2.05) is 13.0 Å². The topological polar surface area (TPSA) is 58.1 Å². The highest BCUT2D eigenvalue weighted by Crippen LogP contribution is 2.29. The maximum atomic E-state index is 12.2. The molecule has 1 N–H and O–H groups in total. The zero-order valence-corrected chi connectivity index (χ0v) is 16.9. The fraction of sp³-hybridized carbons (Fsp3) is 0.471. The summed E-state index contributed by atoms with van der Waals surface area (Å²) in [5, 5.41) is 11.2. The van der Waals surface area contributed by atoms with E-state index in [4.69, 9.17) is 0 Å². The van der Waals surface area contributed by atoms with E-state index >= 15 is 0 Å². The monoisotopic (exact) mass is 394 g/mol. The highest BCUT2D eigenvalue weighted by molar-refractivity contribution is 8.03. The SMILES string of the molecule is CCSc1nnc(SCC(=O)Nc2ccc(N3CCCC3)cc2C)s1. The van der Waals surface area contributed by atoms with Gasteiger partial charge in [-0.2, -0.15) is 0 Å². The van der Waals surface area contributed by atoms with E-state index in [0.717, 1.165) is 38.8 Å². The molecule has 2 heterocycles. The molecule has 2 aromatic rings. The maximum absolute atomic E-state index is 12.2. The molecule has 3 rings (SSSR count). The number of carbonyl (C=O) groups is 1. The largest absolute Gasteiger partial charge is 0.372 e. The van der Waals surface area contributed by atoms with Crippen molar-refractivity contribution in [3.63, 3.8) is 0 Å². The van der Waals surface area contributed by atoms with Gasteiger partial charge < -0.3 is 10.2 Å². The lowest BCUT2D eigenvalue weighted by Crippen LogP contribution is -2.18. The van der Waals surface area contributed by atoms with Gasteiger partial charge in [0.25, 0.3) is 0 Å². The van der Waals surface area contributed by atoms with E-state index in [1.165, 1.54) is 30.3 Å². The van der Waals surface area contributed by atoms with Crippen LogP contribution in [-0.2, 0) is 4.79 Å². The van der Waals surface area contributed by atoms with E-state index in [9.17, 15) is 4.79 Å². The Morgan fingerprint density at radius 3 is 2.64 bits per heavy atom. The third kappa shape index (κ3) is 5.12. The predicted molar refractivity (Wildman–Crippen MR) is 108 cm³/mol. The van der Waals surface area contributed by atoms with Crippen molar-refractivity contribution in [1.82, 2.24) is 10.2 Å². The molecule has 1 fully saturated rings. The molecule has 25 heavy (non-hydrogen) atoms. The van der Waals surface area contributed by atoms with Gasteiger partial charge >= 0.3 is 0 Å². The molecule has 1 aromatic heterocycles. The van der Waals surface area contributed by atoms with Gasteiger partial charge in [0, 0.05) is 24.5 Å². The van der Waals surface area contributed by atoms with Crippen LogP contribution < -0.4 is 10.2 Å². The molecule has 8 heteroatoms. The summed E-state index contributed by atoms with van der Waals surface area (Å²) >= 11 is 4.65. The summed E-state index contributed by atoms with van der Waals surface area (Å²) in [6, 6.07) is 6.26. The third-order valence-electron chi connectivity index (χ3n) is 3.94. The van der Waals surface area contributed by atoms with Gasteiger partial charge in [-0.3, -0.25) is 4.79 Å². The lowest BCUT2D eigenvalue weighted by Gasteiger charge is -2.19. The van der Waals surface area contributed by atoms with Crippen LogP contribution in [-0.4, -0.2) is 40.7 Å². The minimum Gasteiger partial charge on any atom is -0.372 e. The van der Waals surface area contributed by atoms with Crippen molar-refractivity contribution in [2.45, 2.75) is 35.4 Å². The first-order chi connectivity index (χ1) is 12.2. The summed E-state index contributed by atoms with van der Waals surface area (Å²) in [7, 11) is 0. The van der Waals surface area contributed by atoms with Gasteiger partial charge in [0.15, 0.2) is 8.68 Å². The second kappa shape index (κ2) is 8.91. The van der Waals surface area contributed by atoms with Gasteiger partial charge in [-0.1, -0.05) is 41.8 Å². The molecule has 0 aliphatic carbocycles. The molecule has 0 radical (unpaired) electrons. The van der Waals surface area contributed by atoms with Crippen molar-refractivity contribution in [3.8, 4) is 0 Å². The van der Waals surface area contributed by atoms with Crippen LogP contribution in [0.25, 0.3) is 0 Å². The summed E-state index contributed by atoms with van der Waals surface area (Å²) in [6.45, 7) is 6.38. The molecular formula is C17H22N4OS3. The van der Waals surface area contributed by atoms with Gasteiger partial charge in [-0.05, 0) is 49.3 Å². The Bertz CT molecular complexity index is 728. The quantitative estimate of drug-likeness (QED) is 0.707. The van der Waals surface area contributed by atoms with E-state index in [1.54, 1.807) is 23.1 Å². The molecule has 0 atom stereocenters. The van der Waals surface area contributed by atoms with Crippen LogP contribution in [0.1, 0.15) is 25.3 Å². The molecule has 134 valence electrons. The first kappa shape index (κ1) is 18.5. The predicted octanol–water partition coefficient (Wildman–Crippen LogP) is 4.29. The molecule has 0 bridgehead atoms. The average molecular weight is 395 g/mol. The van der Waals surface area contributed by atoms with Crippen LogP contribution in [0.4, 0.5) is 11.4 Å². The summed E-state index contributed by atoms with van der Waals surface area (Å²) in [5.41, 5.74) is 3.23. The minimum atomic E-state index is -0.0121. The van der Waals surface area contributed by atoms with Gasteiger partial charge in [0.1, 0.15) is 0 Å². The van der Waals surface area contributed by atoms with Gasteiger partial charge in [-0.15, -0.1) is 10.2 Å². The van der Waals surface area contributed by atoms with E-state index in [0.29, 0.717) is 5.75 Å². The Kier molecular flexibility index (Phi) is 6.61. The van der Waals surface area contributed by atoms with Crippen LogP contribution in [0.3, 0.4) is 0 Å². The molecule has 1 aromatic carbocycles. The van der Waals surface area contributed by atoms with Crippen molar-refractivity contribution in [2.75, 3.05) is 34.8 Å². The first-order valence-electron chi connectivity index (χ1n) is 8.40. The number of hydrogen-bond acceptors (Lipinski definition) is 7. The Morgan fingerprint density at radius 1 is 1.24 bits per heavy atom. The lowest BCUT2D eigenvalue weighted by molar-refractivity contribution is -0.113. The molecule has 0 unspecified atom stereocenters. The normalized spacial score (nSPS) is 14.1. The Hall–Kier alpha value is -1.25. The zero-order chi connectivity index (χ0) is 17.6. The fourth-order valence-electron chi connectivity index (χ4n) is 2.71. The van der Waals surface area contributed by atoms with Crippen LogP contribution in [0.15, 0.2) is 26.9 Å². The van der Waals surface area contributed by atoms with Crippen molar-refractivity contribution in [2.24, 2.45) is 0 Å². The van der Waals surface area contributed by atoms with E-state index in [2.05, 4.69) is 39.5 Å². The van der Waals surface area contributed by atoms with Crippen LogP contribution in [0.2, 0.25) is 0 Å². The number of carbonyl (C=O) groups excluding carboxylic acids is 1. The summed E-state index contributed by atoms with van der Waals surface area (Å²) < 4.78 is 1.80. The van der Waals surface area contributed by atoms with Crippen molar-refractivity contribution < 1.29 is 4.79 Å². The molecule has 1 aliphatic heterocycles. The number of aromatic nitrogens is 2. The number of thioether (sulfide) groups is 2. The number of aryl methyl sites for hydroxylation is 1. The number of amides is 1. The Labute approximate surface area is 161 Å². The van der Waals surface area contributed by atoms with E-state index in [-0.39, 0.29) is 5.91 Å². The summed E-state index contributed by atoms with van der Waals surface area (Å²) in [6.07, 6.45) is 2.53. The average Bonchev–Trinajstić information content (AvgIpc) is 3.27. The first-order valence-corrected chi connectivity index (χ1v) is 11.2. The van der Waals surface area contributed by atoms with Gasteiger partial charge in [-0.25, -0.2) is 0 Å². The maximum Gasteiger partial charge on any atom is 0.234 e. The smallest absolute Gasteiger partial charge is 0.234 e. The highest BCUT2D eigenvalue weighted by atomic mass is 32.2. The Balaban J connectivity index is 1.53. The number of hydrogen-bond donors (Lipinski definition) is 1. The fourth-order valence-corrected chi connectivity index (χ4v) is 5.43. The molecule has 1 saturated heterocycles. The molecular weight excluding hydrogens is 372 g/mol. The number of rotatable bonds is 7. The minimum absolute atomic E-state index is 0.0121. The second-order valence-corrected chi connectivity index (χ2v) is 9.51. The molecule has 5 nitrogen and oxygen atoms in total. The second-order valence-electron chi connectivity index (χ2n) is 5.80. The van der Waals surface area contributed by atoms with E-state index < -0.39 is 0 Å². The lowest BCUT2D eigenvalue weighted by atomic mass is 10.1. The zero-order valence-electron chi connectivity index (χ0n) is 14.4. The van der Waals surface area contributed by atoms with Crippen LogP contribution in [0, 0.1) is 6.92 Å². The standard InChI is InChI=1S/C17H22N4OS3/c1-3-23-16-19-20-17(25-16)24-11-15(22)18-14-7-6-13(10-12(14)2)21-8-4-5-9-21/h6-7,10H,3-5,8-9,11H2,1-2H3,(H,18,22). The number of nitrogens with one attached hydrogen (secondary N) is 1. The molecule has 1 aliphatic rings. The van der Waals surface area contributed by atoms with Crippen molar-refractivity contribution >= 4 is 52.1 Å². The number of nitrogens with zero attached hydrogens (tertiary/aromatic N) is 3. The number of anilines is 2. The van der Waals surface area contributed by atoms with Gasteiger partial charge in [0.05, 0.1) is 5.75 Å². The summed E-state index contributed by atoms with van der Waals surface area (Å²) in [5.74, 6) is 1.31. The van der Waals surface area contributed by atoms with Crippen LogP contribution >= 0.6 is 34.9 Å². The molecule has 0 saturated carbocycles. The summed E-state index contributed by atoms with van der Waals surface area (Å²) in [4.78, 5) is 14.6. The molecule has 1 amide bonds. The van der Waals surface area contributed by atoms with Crippen molar-refractivity contribution in [3.05, 3.63) is 23.8 Å². The highest BCUT2D eigenvalue weighted by Gasteiger charge is 2.14. The van der Waals surface area contributed by atoms with Crippen molar-refractivity contribution in [1.29, 1.82) is 0 Å². The van der Waals surface area contributed by atoms with Gasteiger partial charge in [0.2, 0.25) is 5.91 Å².